The van der Waals surface area contributed by atoms with Crippen molar-refractivity contribution >= 4 is 22.9 Å². The van der Waals surface area contributed by atoms with Gasteiger partial charge in [0, 0.05) is 5.39 Å². The lowest BCUT2D eigenvalue weighted by atomic mass is 10.2. The van der Waals surface area contributed by atoms with Crippen molar-refractivity contribution in [3.63, 3.8) is 0 Å². The first kappa shape index (κ1) is 16.1. The van der Waals surface area contributed by atoms with E-state index in [1.54, 1.807) is 24.3 Å². The SMILES string of the molecule is O=C1Oc2ccccc2OC1C=CCC=Cc1ccc2ccccc2n1. The molecule has 0 spiro atoms. The van der Waals surface area contributed by atoms with Gasteiger partial charge in [-0.1, -0.05) is 48.6 Å². The van der Waals surface area contributed by atoms with Crippen LogP contribution in [-0.2, 0) is 4.79 Å². The zero-order chi connectivity index (χ0) is 17.8. The van der Waals surface area contributed by atoms with Gasteiger partial charge in [-0.2, -0.15) is 0 Å². The lowest BCUT2D eigenvalue weighted by molar-refractivity contribution is -0.142. The lowest BCUT2D eigenvalue weighted by Gasteiger charge is -2.22. The summed E-state index contributed by atoms with van der Waals surface area (Å²) in [4.78, 5) is 16.5. The van der Waals surface area contributed by atoms with Gasteiger partial charge in [0.1, 0.15) is 0 Å². The fourth-order valence-corrected chi connectivity index (χ4v) is 2.75. The predicted molar refractivity (Wildman–Crippen MR) is 101 cm³/mol. The van der Waals surface area contributed by atoms with Gasteiger partial charge in [0.25, 0.3) is 0 Å². The minimum absolute atomic E-state index is 0.403. The maximum absolute atomic E-state index is 11.9. The first-order valence-corrected chi connectivity index (χ1v) is 8.46. The summed E-state index contributed by atoms with van der Waals surface area (Å²) in [5.74, 6) is 0.641. The number of pyridine rings is 1. The summed E-state index contributed by atoms with van der Waals surface area (Å²) < 4.78 is 10.9. The first-order valence-electron chi connectivity index (χ1n) is 8.46. The Bertz CT molecular complexity index is 1010. The van der Waals surface area contributed by atoms with E-state index in [0.29, 0.717) is 17.9 Å². The molecule has 1 aliphatic rings. The third kappa shape index (κ3) is 3.49. The summed E-state index contributed by atoms with van der Waals surface area (Å²) in [6.45, 7) is 0. The van der Waals surface area contributed by atoms with Crippen molar-refractivity contribution in [2.75, 3.05) is 0 Å². The fraction of sp³-hybridized carbons (Fsp3) is 0.0909. The molecule has 2 heterocycles. The molecule has 26 heavy (non-hydrogen) atoms. The third-order valence-corrected chi connectivity index (χ3v) is 4.04. The molecule has 2 aromatic carbocycles. The van der Waals surface area contributed by atoms with Crippen LogP contribution in [0.1, 0.15) is 12.1 Å². The summed E-state index contributed by atoms with van der Waals surface area (Å²) in [5.41, 5.74) is 1.88. The Morgan fingerprint density at radius 3 is 2.65 bits per heavy atom. The lowest BCUT2D eigenvalue weighted by Crippen LogP contribution is -2.33. The maximum Gasteiger partial charge on any atom is 0.356 e. The molecule has 1 aliphatic heterocycles. The molecule has 1 aromatic heterocycles. The second-order valence-electron chi connectivity index (χ2n) is 5.90. The molecule has 0 N–H and O–H groups in total. The Morgan fingerprint density at radius 1 is 0.923 bits per heavy atom. The zero-order valence-electron chi connectivity index (χ0n) is 14.0. The largest absolute Gasteiger partial charge is 0.471 e. The molecule has 0 bridgehead atoms. The van der Waals surface area contributed by atoms with Crippen LogP contribution in [0, 0.1) is 0 Å². The number of para-hydroxylation sites is 3. The Kier molecular flexibility index (Phi) is 4.48. The molecular formula is C22H17NO3. The molecule has 3 aromatic rings. The number of benzene rings is 2. The molecule has 0 aliphatic carbocycles. The van der Waals surface area contributed by atoms with Crippen LogP contribution < -0.4 is 9.47 Å². The van der Waals surface area contributed by atoms with Gasteiger partial charge in [0.15, 0.2) is 11.5 Å². The van der Waals surface area contributed by atoms with Crippen LogP contribution in [0.15, 0.2) is 78.9 Å². The van der Waals surface area contributed by atoms with Crippen molar-refractivity contribution in [2.45, 2.75) is 12.5 Å². The molecule has 0 saturated carbocycles. The molecule has 0 fully saturated rings. The molecule has 1 atom stereocenters. The van der Waals surface area contributed by atoms with Crippen molar-refractivity contribution in [1.82, 2.24) is 4.98 Å². The van der Waals surface area contributed by atoms with Gasteiger partial charge in [-0.15, -0.1) is 0 Å². The van der Waals surface area contributed by atoms with Crippen molar-refractivity contribution in [1.29, 1.82) is 0 Å². The topological polar surface area (TPSA) is 48.4 Å². The normalized spacial score (nSPS) is 16.6. The van der Waals surface area contributed by atoms with Gasteiger partial charge in [-0.3, -0.25) is 0 Å². The third-order valence-electron chi connectivity index (χ3n) is 4.04. The number of allylic oxidation sites excluding steroid dienone is 2. The number of rotatable bonds is 4. The molecule has 0 amide bonds. The van der Waals surface area contributed by atoms with E-state index in [0.717, 1.165) is 16.6 Å². The van der Waals surface area contributed by atoms with Crippen molar-refractivity contribution in [2.24, 2.45) is 0 Å². The van der Waals surface area contributed by atoms with Gasteiger partial charge in [-0.25, -0.2) is 9.78 Å². The van der Waals surface area contributed by atoms with Gasteiger partial charge in [0.05, 0.1) is 11.2 Å². The molecule has 128 valence electrons. The van der Waals surface area contributed by atoms with Crippen LogP contribution >= 0.6 is 0 Å². The standard InChI is InChI=1S/C22H17NO3/c24-22-21(25-19-11-6-7-12-20(19)26-22)13-3-1-2-9-17-15-14-16-8-4-5-10-18(16)23-17/h2-15,21H,1H2. The summed E-state index contributed by atoms with van der Waals surface area (Å²) in [6.07, 6.45) is 7.52. The van der Waals surface area contributed by atoms with E-state index in [2.05, 4.69) is 11.1 Å². The summed E-state index contributed by atoms with van der Waals surface area (Å²) in [6, 6.07) is 19.2. The van der Waals surface area contributed by atoms with Gasteiger partial charge in [0.2, 0.25) is 6.10 Å². The molecule has 1 unspecified atom stereocenters. The molecule has 0 saturated heterocycles. The number of carbonyl (C=O) groups is 1. The van der Waals surface area contributed by atoms with E-state index >= 15 is 0 Å². The molecule has 0 radical (unpaired) electrons. The highest BCUT2D eigenvalue weighted by molar-refractivity contribution is 5.82. The van der Waals surface area contributed by atoms with E-state index in [9.17, 15) is 4.79 Å². The van der Waals surface area contributed by atoms with Crippen LogP contribution in [0.4, 0.5) is 0 Å². The molecule has 4 nitrogen and oxygen atoms in total. The quantitative estimate of drug-likeness (QED) is 0.396. The Labute approximate surface area is 151 Å². The van der Waals surface area contributed by atoms with E-state index in [-0.39, 0.29) is 0 Å². The smallest absolute Gasteiger partial charge is 0.356 e. The highest BCUT2D eigenvalue weighted by atomic mass is 16.6. The van der Waals surface area contributed by atoms with Crippen LogP contribution in [-0.4, -0.2) is 17.1 Å². The Hall–Kier alpha value is -3.40. The number of hydrogen-bond acceptors (Lipinski definition) is 4. The minimum atomic E-state index is -0.711. The van der Waals surface area contributed by atoms with Crippen LogP contribution in [0.2, 0.25) is 0 Å². The van der Waals surface area contributed by atoms with Crippen LogP contribution in [0.5, 0.6) is 11.5 Å². The number of carbonyl (C=O) groups excluding carboxylic acids is 1. The van der Waals surface area contributed by atoms with E-state index < -0.39 is 12.1 Å². The molecule has 4 heteroatoms. The van der Waals surface area contributed by atoms with E-state index in [4.69, 9.17) is 9.47 Å². The van der Waals surface area contributed by atoms with Gasteiger partial charge >= 0.3 is 5.97 Å². The predicted octanol–water partition coefficient (Wildman–Crippen LogP) is 4.56. The highest BCUT2D eigenvalue weighted by Gasteiger charge is 2.27. The fourth-order valence-electron chi connectivity index (χ4n) is 2.75. The second-order valence-corrected chi connectivity index (χ2v) is 5.90. The first-order chi connectivity index (χ1) is 12.8. The number of nitrogens with zero attached hydrogens (tertiary/aromatic N) is 1. The van der Waals surface area contributed by atoms with E-state index in [1.165, 1.54) is 0 Å². The number of fused-ring (bicyclic) bond motifs is 2. The average molecular weight is 343 g/mol. The zero-order valence-corrected chi connectivity index (χ0v) is 14.0. The van der Waals surface area contributed by atoms with Crippen molar-refractivity contribution in [3.05, 3.63) is 84.6 Å². The summed E-state index contributed by atoms with van der Waals surface area (Å²) in [7, 11) is 0. The van der Waals surface area contributed by atoms with E-state index in [1.807, 2.05) is 54.6 Å². The van der Waals surface area contributed by atoms with Gasteiger partial charge in [-0.05, 0) is 42.8 Å². The summed E-state index contributed by atoms with van der Waals surface area (Å²) in [5, 5.41) is 1.12. The summed E-state index contributed by atoms with van der Waals surface area (Å²) >= 11 is 0. The Morgan fingerprint density at radius 2 is 1.73 bits per heavy atom. The van der Waals surface area contributed by atoms with Crippen LogP contribution in [0.3, 0.4) is 0 Å². The molecule has 4 rings (SSSR count). The average Bonchev–Trinajstić information content (AvgIpc) is 2.68. The number of aromatic nitrogens is 1. The van der Waals surface area contributed by atoms with Crippen molar-refractivity contribution < 1.29 is 14.3 Å². The second kappa shape index (κ2) is 7.23. The monoisotopic (exact) mass is 343 g/mol. The number of ether oxygens (including phenoxy) is 2. The maximum atomic E-state index is 11.9. The number of esters is 1. The van der Waals surface area contributed by atoms with Crippen molar-refractivity contribution in [3.8, 4) is 11.5 Å². The highest BCUT2D eigenvalue weighted by Crippen LogP contribution is 2.31. The Balaban J connectivity index is 1.38. The van der Waals surface area contributed by atoms with Crippen LogP contribution in [0.25, 0.3) is 17.0 Å². The minimum Gasteiger partial charge on any atom is -0.471 e. The van der Waals surface area contributed by atoms with Gasteiger partial charge < -0.3 is 9.47 Å². The molecular weight excluding hydrogens is 326 g/mol. The number of hydrogen-bond donors (Lipinski definition) is 0.